The van der Waals surface area contributed by atoms with Crippen LogP contribution in [0.5, 0.6) is 0 Å². The summed E-state index contributed by atoms with van der Waals surface area (Å²) in [6, 6.07) is -0.173. The molecule has 22 heavy (non-hydrogen) atoms. The summed E-state index contributed by atoms with van der Waals surface area (Å²) in [7, 11) is 1.63. The predicted molar refractivity (Wildman–Crippen MR) is 76.1 cm³/mol. The van der Waals surface area contributed by atoms with Crippen molar-refractivity contribution in [2.45, 2.75) is 31.7 Å². The van der Waals surface area contributed by atoms with Gasteiger partial charge in [-0.05, 0) is 19.3 Å². The van der Waals surface area contributed by atoms with E-state index in [4.69, 9.17) is 9.26 Å². The van der Waals surface area contributed by atoms with Gasteiger partial charge in [-0.2, -0.15) is 4.98 Å². The molecule has 0 spiro atoms. The van der Waals surface area contributed by atoms with Crippen molar-refractivity contribution in [3.05, 3.63) is 29.9 Å². The number of amides is 1. The first kappa shape index (κ1) is 14.7. The fraction of sp³-hybridized carbons (Fsp3) is 0.571. The number of piperidine rings is 1. The number of nitrogens with zero attached hydrogens (tertiary/aromatic N) is 4. The van der Waals surface area contributed by atoms with Crippen molar-refractivity contribution in [1.82, 2.24) is 25.0 Å². The van der Waals surface area contributed by atoms with Crippen LogP contribution in [0.1, 0.15) is 47.5 Å². The van der Waals surface area contributed by atoms with Gasteiger partial charge in [0.15, 0.2) is 5.82 Å². The van der Waals surface area contributed by atoms with Crippen molar-refractivity contribution in [2.24, 2.45) is 0 Å². The first-order valence-corrected chi connectivity index (χ1v) is 7.40. The number of carbonyl (C=O) groups is 1. The number of H-pyrrole nitrogens is 1. The van der Waals surface area contributed by atoms with Gasteiger partial charge in [0.25, 0.3) is 5.91 Å². The van der Waals surface area contributed by atoms with Crippen LogP contribution in [-0.2, 0) is 11.2 Å². The van der Waals surface area contributed by atoms with E-state index in [1.807, 2.05) is 0 Å². The highest BCUT2D eigenvalue weighted by Crippen LogP contribution is 2.30. The van der Waals surface area contributed by atoms with E-state index in [1.165, 1.54) is 12.5 Å². The lowest BCUT2D eigenvalue weighted by Gasteiger charge is -2.32. The average Bonchev–Trinajstić information content (AvgIpc) is 3.24. The van der Waals surface area contributed by atoms with Gasteiger partial charge < -0.3 is 19.1 Å². The van der Waals surface area contributed by atoms with Crippen LogP contribution in [0.15, 0.2) is 17.0 Å². The normalized spacial score (nSPS) is 18.6. The minimum Gasteiger partial charge on any atom is -0.384 e. The Morgan fingerprint density at radius 3 is 3.23 bits per heavy atom. The summed E-state index contributed by atoms with van der Waals surface area (Å²) in [5, 5.41) is 3.96. The molecule has 8 heteroatoms. The zero-order valence-corrected chi connectivity index (χ0v) is 12.5. The number of likely N-dealkylation sites (tertiary alicyclic amines) is 1. The maximum Gasteiger partial charge on any atom is 0.272 e. The summed E-state index contributed by atoms with van der Waals surface area (Å²) in [5.41, 5.74) is 0.478. The van der Waals surface area contributed by atoms with Gasteiger partial charge >= 0.3 is 0 Å². The Balaban J connectivity index is 1.77. The van der Waals surface area contributed by atoms with Gasteiger partial charge in [-0.1, -0.05) is 5.16 Å². The maximum atomic E-state index is 12.6. The molecule has 0 aliphatic carbocycles. The zero-order chi connectivity index (χ0) is 15.4. The third-order valence-corrected chi connectivity index (χ3v) is 3.79. The number of imidazole rings is 1. The van der Waals surface area contributed by atoms with Crippen LogP contribution >= 0.6 is 0 Å². The van der Waals surface area contributed by atoms with E-state index in [0.29, 0.717) is 37.0 Å². The highest BCUT2D eigenvalue weighted by atomic mass is 16.5. The molecule has 8 nitrogen and oxygen atoms in total. The quantitative estimate of drug-likeness (QED) is 0.895. The fourth-order valence-corrected chi connectivity index (χ4v) is 2.66. The van der Waals surface area contributed by atoms with Gasteiger partial charge in [0, 0.05) is 20.1 Å². The minimum absolute atomic E-state index is 0.0844. The van der Waals surface area contributed by atoms with E-state index in [2.05, 4.69) is 20.1 Å². The van der Waals surface area contributed by atoms with E-state index in [-0.39, 0.29) is 11.9 Å². The molecule has 0 radical (unpaired) electrons. The molecular formula is C14H19N5O3. The zero-order valence-electron chi connectivity index (χ0n) is 12.5. The van der Waals surface area contributed by atoms with Crippen LogP contribution in [0.4, 0.5) is 0 Å². The number of hydrogen-bond acceptors (Lipinski definition) is 6. The number of rotatable bonds is 5. The van der Waals surface area contributed by atoms with Crippen LogP contribution in [0.25, 0.3) is 0 Å². The molecule has 1 N–H and O–H groups in total. The van der Waals surface area contributed by atoms with Crippen molar-refractivity contribution in [3.8, 4) is 0 Å². The second-order valence-electron chi connectivity index (χ2n) is 5.27. The fourth-order valence-electron chi connectivity index (χ4n) is 2.66. The van der Waals surface area contributed by atoms with Crippen LogP contribution in [-0.4, -0.2) is 51.2 Å². The molecule has 1 aliphatic heterocycles. The van der Waals surface area contributed by atoms with Gasteiger partial charge in [0.1, 0.15) is 11.7 Å². The van der Waals surface area contributed by atoms with Crippen molar-refractivity contribution < 1.29 is 14.1 Å². The Morgan fingerprint density at radius 1 is 1.55 bits per heavy atom. The van der Waals surface area contributed by atoms with Crippen LogP contribution in [0, 0.1) is 0 Å². The topological polar surface area (TPSA) is 97.1 Å². The second kappa shape index (κ2) is 6.69. The summed E-state index contributed by atoms with van der Waals surface area (Å²) in [5.74, 6) is 1.02. The second-order valence-corrected chi connectivity index (χ2v) is 5.27. The molecule has 1 unspecified atom stereocenters. The van der Waals surface area contributed by atoms with Crippen LogP contribution in [0.3, 0.4) is 0 Å². The molecule has 0 saturated carbocycles. The van der Waals surface area contributed by atoms with Gasteiger partial charge in [0.2, 0.25) is 5.89 Å². The van der Waals surface area contributed by atoms with Gasteiger partial charge in [-0.3, -0.25) is 4.79 Å². The maximum absolute atomic E-state index is 12.6. The number of hydrogen-bond donors (Lipinski definition) is 1. The standard InChI is InChI=1S/C14H19N5O3/c1-21-7-5-12-17-13(22-18-12)11-4-2-3-6-19(11)14(20)10-8-15-9-16-10/h8-9,11H,2-7H2,1H3,(H,15,16). The van der Waals surface area contributed by atoms with Crippen molar-refractivity contribution in [3.63, 3.8) is 0 Å². The molecule has 1 amide bonds. The summed E-state index contributed by atoms with van der Waals surface area (Å²) in [6.07, 6.45) is 6.47. The van der Waals surface area contributed by atoms with E-state index in [1.54, 1.807) is 12.0 Å². The summed E-state index contributed by atoms with van der Waals surface area (Å²) < 4.78 is 10.4. The SMILES string of the molecule is COCCc1noc(C2CCCCN2C(=O)c2cnc[nH]2)n1. The monoisotopic (exact) mass is 305 g/mol. The average molecular weight is 305 g/mol. The first-order chi connectivity index (χ1) is 10.8. The van der Waals surface area contributed by atoms with Crippen molar-refractivity contribution in [2.75, 3.05) is 20.3 Å². The smallest absolute Gasteiger partial charge is 0.272 e. The number of carbonyl (C=O) groups excluding carboxylic acids is 1. The molecule has 2 aromatic rings. The number of nitrogens with one attached hydrogen (secondary N) is 1. The molecule has 1 fully saturated rings. The molecule has 1 saturated heterocycles. The third-order valence-electron chi connectivity index (χ3n) is 3.79. The lowest BCUT2D eigenvalue weighted by Crippen LogP contribution is -2.38. The summed E-state index contributed by atoms with van der Waals surface area (Å²) in [6.45, 7) is 1.22. The van der Waals surface area contributed by atoms with Gasteiger partial charge in [0.05, 0.1) is 19.1 Å². The minimum atomic E-state index is -0.173. The molecule has 1 aliphatic rings. The van der Waals surface area contributed by atoms with Crippen LogP contribution in [0.2, 0.25) is 0 Å². The number of aromatic nitrogens is 4. The molecule has 0 bridgehead atoms. The lowest BCUT2D eigenvalue weighted by molar-refractivity contribution is 0.0556. The van der Waals surface area contributed by atoms with E-state index >= 15 is 0 Å². The lowest BCUT2D eigenvalue weighted by atomic mass is 10.0. The largest absolute Gasteiger partial charge is 0.384 e. The Bertz CT molecular complexity index is 610. The number of methoxy groups -OCH3 is 1. The highest BCUT2D eigenvalue weighted by Gasteiger charge is 2.33. The van der Waals surface area contributed by atoms with E-state index in [0.717, 1.165) is 19.3 Å². The third kappa shape index (κ3) is 3.01. The van der Waals surface area contributed by atoms with Crippen molar-refractivity contribution in [1.29, 1.82) is 0 Å². The van der Waals surface area contributed by atoms with E-state index < -0.39 is 0 Å². The molecular weight excluding hydrogens is 286 g/mol. The van der Waals surface area contributed by atoms with Crippen molar-refractivity contribution >= 4 is 5.91 Å². The van der Waals surface area contributed by atoms with Gasteiger partial charge in [-0.25, -0.2) is 4.98 Å². The Hall–Kier alpha value is -2.22. The molecule has 3 heterocycles. The molecule has 2 aromatic heterocycles. The first-order valence-electron chi connectivity index (χ1n) is 7.40. The Kier molecular flexibility index (Phi) is 4.47. The number of ether oxygens (including phenoxy) is 1. The molecule has 3 rings (SSSR count). The molecule has 0 aromatic carbocycles. The van der Waals surface area contributed by atoms with Gasteiger partial charge in [-0.15, -0.1) is 0 Å². The summed E-state index contributed by atoms with van der Waals surface area (Å²) >= 11 is 0. The Morgan fingerprint density at radius 2 is 2.45 bits per heavy atom. The van der Waals surface area contributed by atoms with Crippen LogP contribution < -0.4 is 0 Å². The highest BCUT2D eigenvalue weighted by molar-refractivity contribution is 5.92. The molecule has 1 atom stereocenters. The van der Waals surface area contributed by atoms with E-state index in [9.17, 15) is 4.79 Å². The number of aromatic amines is 1. The Labute approximate surface area is 127 Å². The molecule has 118 valence electrons. The summed E-state index contributed by atoms with van der Waals surface area (Å²) in [4.78, 5) is 25.5. The predicted octanol–water partition coefficient (Wildman–Crippen LogP) is 1.35.